The van der Waals surface area contributed by atoms with Gasteiger partial charge in [0.25, 0.3) is 0 Å². The van der Waals surface area contributed by atoms with Crippen LogP contribution in [0, 0.1) is 11.7 Å². The summed E-state index contributed by atoms with van der Waals surface area (Å²) < 4.78 is 13.8. The lowest BCUT2D eigenvalue weighted by Crippen LogP contribution is -2.45. The molecule has 2 atom stereocenters. The van der Waals surface area contributed by atoms with Crippen molar-refractivity contribution in [2.24, 2.45) is 5.92 Å². The minimum absolute atomic E-state index is 0.00800. The molecule has 5 nitrogen and oxygen atoms in total. The van der Waals surface area contributed by atoms with E-state index in [1.807, 2.05) is 18.2 Å². The molecule has 1 amide bonds. The van der Waals surface area contributed by atoms with Crippen LogP contribution in [0.1, 0.15) is 31.4 Å². The van der Waals surface area contributed by atoms with E-state index in [0.717, 1.165) is 25.1 Å². The largest absolute Gasteiger partial charge is 0.508 e. The van der Waals surface area contributed by atoms with Crippen LogP contribution in [0.25, 0.3) is 0 Å². The number of phenolic OH excluding ortho intramolecular Hbond substituents is 1. The van der Waals surface area contributed by atoms with E-state index >= 15 is 0 Å². The predicted molar refractivity (Wildman–Crippen MR) is 117 cm³/mol. The molecule has 30 heavy (non-hydrogen) atoms. The van der Waals surface area contributed by atoms with E-state index in [1.165, 1.54) is 6.07 Å². The summed E-state index contributed by atoms with van der Waals surface area (Å²) in [6, 6.07) is 13.9. The predicted octanol–water partition coefficient (Wildman–Crippen LogP) is 3.08. The minimum atomic E-state index is -0.231. The summed E-state index contributed by atoms with van der Waals surface area (Å²) in [5.41, 5.74) is 1.64. The Morgan fingerprint density at radius 3 is 2.77 bits per heavy atom. The van der Waals surface area contributed by atoms with E-state index in [1.54, 1.807) is 24.3 Å². The maximum atomic E-state index is 13.8. The molecule has 1 fully saturated rings. The highest BCUT2D eigenvalue weighted by atomic mass is 19.1. The number of aromatic hydroxyl groups is 1. The van der Waals surface area contributed by atoms with Gasteiger partial charge in [-0.15, -0.1) is 0 Å². The van der Waals surface area contributed by atoms with Gasteiger partial charge in [0.15, 0.2) is 0 Å². The molecule has 2 aromatic carbocycles. The molecule has 1 aliphatic rings. The minimum Gasteiger partial charge on any atom is -0.508 e. The van der Waals surface area contributed by atoms with Crippen LogP contribution < -0.4 is 10.6 Å². The van der Waals surface area contributed by atoms with Crippen molar-refractivity contribution in [2.75, 3.05) is 19.6 Å². The lowest BCUT2D eigenvalue weighted by atomic mass is 10.1. The van der Waals surface area contributed by atoms with Gasteiger partial charge in [-0.3, -0.25) is 9.69 Å². The first kappa shape index (κ1) is 22.2. The summed E-state index contributed by atoms with van der Waals surface area (Å²) in [5.74, 6) is 0.497. The molecule has 0 radical (unpaired) electrons. The maximum absolute atomic E-state index is 13.8. The van der Waals surface area contributed by atoms with Crippen molar-refractivity contribution in [3.8, 4) is 5.75 Å². The van der Waals surface area contributed by atoms with Gasteiger partial charge < -0.3 is 15.7 Å². The van der Waals surface area contributed by atoms with Crippen molar-refractivity contribution in [3.63, 3.8) is 0 Å². The van der Waals surface area contributed by atoms with Crippen LogP contribution in [0.2, 0.25) is 0 Å². The molecule has 0 saturated carbocycles. The second-order valence-corrected chi connectivity index (χ2v) is 8.48. The molecular weight excluding hydrogens is 381 g/mol. The third kappa shape index (κ3) is 6.28. The maximum Gasteiger partial charge on any atom is 0.237 e. The van der Waals surface area contributed by atoms with Crippen LogP contribution in [0.15, 0.2) is 48.5 Å². The number of amides is 1. The fourth-order valence-corrected chi connectivity index (χ4v) is 4.06. The number of likely N-dealkylation sites (tertiary alicyclic amines) is 1. The number of hydrogen-bond acceptors (Lipinski definition) is 4. The zero-order chi connectivity index (χ0) is 21.5. The molecule has 0 bridgehead atoms. The zero-order valence-electron chi connectivity index (χ0n) is 17.8. The molecule has 3 rings (SSSR count). The molecule has 1 heterocycles. The highest BCUT2D eigenvalue weighted by Gasteiger charge is 2.36. The molecule has 3 N–H and O–H groups in total. The van der Waals surface area contributed by atoms with Gasteiger partial charge in [0, 0.05) is 32.2 Å². The van der Waals surface area contributed by atoms with Crippen molar-refractivity contribution in [2.45, 2.75) is 45.3 Å². The zero-order valence-corrected chi connectivity index (χ0v) is 17.8. The van der Waals surface area contributed by atoms with Gasteiger partial charge in [-0.05, 0) is 48.1 Å². The number of halogens is 1. The summed E-state index contributed by atoms with van der Waals surface area (Å²) in [5, 5.41) is 16.1. The molecular formula is C24H32FN3O2. The van der Waals surface area contributed by atoms with E-state index in [4.69, 9.17) is 0 Å². The Kier molecular flexibility index (Phi) is 7.82. The van der Waals surface area contributed by atoms with E-state index < -0.39 is 0 Å². The molecule has 1 aliphatic heterocycles. The topological polar surface area (TPSA) is 64.6 Å². The Bertz CT molecular complexity index is 843. The third-order valence-electron chi connectivity index (χ3n) is 5.46. The van der Waals surface area contributed by atoms with Crippen molar-refractivity contribution in [3.05, 3.63) is 65.5 Å². The third-order valence-corrected chi connectivity index (χ3v) is 5.46. The van der Waals surface area contributed by atoms with Crippen molar-refractivity contribution >= 4 is 5.91 Å². The summed E-state index contributed by atoms with van der Waals surface area (Å²) in [7, 11) is 0. The van der Waals surface area contributed by atoms with Crippen molar-refractivity contribution < 1.29 is 14.3 Å². The van der Waals surface area contributed by atoms with Crippen LogP contribution in [-0.4, -0.2) is 47.6 Å². The summed E-state index contributed by atoms with van der Waals surface area (Å²) in [4.78, 5) is 15.1. The highest BCUT2D eigenvalue weighted by Crippen LogP contribution is 2.21. The van der Waals surface area contributed by atoms with Crippen LogP contribution >= 0.6 is 0 Å². The fourth-order valence-electron chi connectivity index (χ4n) is 4.06. The quantitative estimate of drug-likeness (QED) is 0.591. The Labute approximate surface area is 178 Å². The van der Waals surface area contributed by atoms with E-state index in [2.05, 4.69) is 29.4 Å². The normalized spacial score (nSPS) is 19.3. The molecule has 2 aromatic rings. The fraction of sp³-hybridized carbons (Fsp3) is 0.458. The molecule has 0 unspecified atom stereocenters. The van der Waals surface area contributed by atoms with Crippen LogP contribution in [0.4, 0.5) is 4.39 Å². The number of hydrogen-bond donors (Lipinski definition) is 3. The van der Waals surface area contributed by atoms with Gasteiger partial charge in [-0.2, -0.15) is 0 Å². The van der Waals surface area contributed by atoms with Gasteiger partial charge in [0.2, 0.25) is 5.91 Å². The average Bonchev–Trinajstić information content (AvgIpc) is 3.10. The second-order valence-electron chi connectivity index (χ2n) is 8.48. The number of nitrogens with one attached hydrogen (secondary N) is 2. The molecule has 162 valence electrons. The Morgan fingerprint density at radius 1 is 1.23 bits per heavy atom. The number of carbonyl (C=O) groups is 1. The SMILES string of the molecule is CC(C)CN1C[C@@H](NCc2cccc(O)c2)C[C@H]1C(=O)NCCc1ccccc1F. The number of carbonyl (C=O) groups excluding carboxylic acids is 1. The van der Waals surface area contributed by atoms with Gasteiger partial charge in [0.05, 0.1) is 6.04 Å². The monoisotopic (exact) mass is 413 g/mol. The molecule has 0 aromatic heterocycles. The van der Waals surface area contributed by atoms with Gasteiger partial charge >= 0.3 is 0 Å². The van der Waals surface area contributed by atoms with Crippen LogP contribution in [-0.2, 0) is 17.8 Å². The molecule has 6 heteroatoms. The van der Waals surface area contributed by atoms with E-state index in [9.17, 15) is 14.3 Å². The average molecular weight is 414 g/mol. The van der Waals surface area contributed by atoms with Gasteiger partial charge in [-0.1, -0.05) is 44.2 Å². The van der Waals surface area contributed by atoms with E-state index in [-0.39, 0.29) is 29.6 Å². The smallest absolute Gasteiger partial charge is 0.237 e. The number of nitrogens with zero attached hydrogens (tertiary/aromatic N) is 1. The molecule has 0 spiro atoms. The number of rotatable bonds is 9. The summed E-state index contributed by atoms with van der Waals surface area (Å²) in [6.45, 7) is 7.04. The lowest BCUT2D eigenvalue weighted by Gasteiger charge is -2.25. The van der Waals surface area contributed by atoms with Gasteiger partial charge in [0.1, 0.15) is 11.6 Å². The first-order chi connectivity index (χ1) is 14.4. The summed E-state index contributed by atoms with van der Waals surface area (Å²) in [6.07, 6.45) is 1.21. The molecule has 1 saturated heterocycles. The van der Waals surface area contributed by atoms with Crippen molar-refractivity contribution in [1.29, 1.82) is 0 Å². The van der Waals surface area contributed by atoms with E-state index in [0.29, 0.717) is 31.0 Å². The number of benzene rings is 2. The van der Waals surface area contributed by atoms with Gasteiger partial charge in [-0.25, -0.2) is 4.39 Å². The van der Waals surface area contributed by atoms with Crippen LogP contribution in [0.3, 0.4) is 0 Å². The number of phenols is 1. The first-order valence-electron chi connectivity index (χ1n) is 10.7. The molecule has 0 aliphatic carbocycles. The Hall–Kier alpha value is -2.44. The first-order valence-corrected chi connectivity index (χ1v) is 10.7. The Balaban J connectivity index is 1.54. The van der Waals surface area contributed by atoms with Crippen molar-refractivity contribution in [1.82, 2.24) is 15.5 Å². The Morgan fingerprint density at radius 2 is 2.03 bits per heavy atom. The summed E-state index contributed by atoms with van der Waals surface area (Å²) >= 11 is 0. The second kappa shape index (κ2) is 10.5. The lowest BCUT2D eigenvalue weighted by molar-refractivity contribution is -0.125. The van der Waals surface area contributed by atoms with Crippen LogP contribution in [0.5, 0.6) is 5.75 Å². The standard InChI is InChI=1S/C24H32FN3O2/c1-17(2)15-28-16-20(27-14-18-6-5-8-21(29)12-18)13-23(28)24(30)26-11-10-19-7-3-4-9-22(19)25/h3-9,12,17,20,23,27,29H,10-11,13-16H2,1-2H3,(H,26,30)/t20-,23-/m0/s1. The highest BCUT2D eigenvalue weighted by molar-refractivity contribution is 5.82.